The van der Waals surface area contributed by atoms with Crippen LogP contribution >= 0.6 is 0 Å². The summed E-state index contributed by atoms with van der Waals surface area (Å²) < 4.78 is 0. The Balaban J connectivity index is 1.76. The van der Waals surface area contributed by atoms with E-state index >= 15 is 0 Å². The van der Waals surface area contributed by atoms with Gasteiger partial charge in [-0.3, -0.25) is 9.88 Å². The van der Waals surface area contributed by atoms with E-state index in [4.69, 9.17) is 4.98 Å². The van der Waals surface area contributed by atoms with Gasteiger partial charge in [-0.05, 0) is 94.1 Å². The van der Waals surface area contributed by atoms with Gasteiger partial charge in [-0.15, -0.1) is 0 Å². The van der Waals surface area contributed by atoms with Crippen LogP contribution in [-0.2, 0) is 10.8 Å². The highest BCUT2D eigenvalue weighted by Crippen LogP contribution is 2.41. The largest absolute Gasteiger partial charge is 0.295 e. The topological polar surface area (TPSA) is 29.0 Å². The van der Waals surface area contributed by atoms with Crippen LogP contribution in [0.25, 0.3) is 22.5 Å². The molecule has 0 bridgehead atoms. The molecule has 0 amide bonds. The lowest BCUT2D eigenvalue weighted by molar-refractivity contribution is 0.568. The van der Waals surface area contributed by atoms with E-state index in [1.807, 2.05) is 30.5 Å². The van der Waals surface area contributed by atoms with E-state index in [0.29, 0.717) is 0 Å². The Morgan fingerprint density at radius 2 is 1.23 bits per heavy atom. The maximum Gasteiger partial charge on any atom is 0.138 e. The summed E-state index contributed by atoms with van der Waals surface area (Å²) in [5, 5.41) is 0. The molecule has 0 atom stereocenters. The van der Waals surface area contributed by atoms with E-state index in [0.717, 1.165) is 28.6 Å². The van der Waals surface area contributed by atoms with Gasteiger partial charge >= 0.3 is 0 Å². The molecule has 0 N–H and O–H groups in total. The molecule has 0 spiro atoms. The first-order valence-corrected chi connectivity index (χ1v) is 14.0. The quantitative estimate of drug-likeness (QED) is 0.228. The summed E-state index contributed by atoms with van der Waals surface area (Å²) in [5.41, 5.74) is 10.1. The Kier molecular flexibility index (Phi) is 7.33. The monoisotopic (exact) mass is 525 g/mol. The van der Waals surface area contributed by atoms with Gasteiger partial charge in [0.25, 0.3) is 0 Å². The van der Waals surface area contributed by atoms with Crippen molar-refractivity contribution in [1.82, 2.24) is 9.97 Å². The van der Waals surface area contributed by atoms with Gasteiger partial charge in [-0.25, -0.2) is 4.98 Å². The molecule has 0 aliphatic carbocycles. The number of aryl methyl sites for hydroxylation is 1. The number of anilines is 3. The number of nitrogens with zero attached hydrogens (tertiary/aromatic N) is 3. The number of hydrogen-bond acceptors (Lipinski definition) is 3. The van der Waals surface area contributed by atoms with Crippen molar-refractivity contribution >= 4 is 17.2 Å². The summed E-state index contributed by atoms with van der Waals surface area (Å²) in [5.74, 6) is 0.857. The number of benzene rings is 3. The van der Waals surface area contributed by atoms with Crippen molar-refractivity contribution in [2.75, 3.05) is 4.90 Å². The van der Waals surface area contributed by atoms with Crippen LogP contribution in [0.4, 0.5) is 17.2 Å². The maximum atomic E-state index is 5.16. The fraction of sp³-hybridized carbons (Fsp3) is 0.243. The summed E-state index contributed by atoms with van der Waals surface area (Å²) in [4.78, 5) is 12.0. The van der Waals surface area contributed by atoms with E-state index in [1.165, 1.54) is 27.8 Å². The molecule has 5 aromatic rings. The Bertz CT molecular complexity index is 1590. The van der Waals surface area contributed by atoms with Crippen LogP contribution in [0.5, 0.6) is 0 Å². The average Bonchev–Trinajstić information content (AvgIpc) is 2.93. The number of hydrogen-bond donors (Lipinski definition) is 0. The molecule has 5 rings (SSSR count). The van der Waals surface area contributed by atoms with E-state index in [-0.39, 0.29) is 10.8 Å². The predicted octanol–water partition coefficient (Wildman–Crippen LogP) is 10.2. The van der Waals surface area contributed by atoms with Crippen LogP contribution < -0.4 is 4.90 Å². The third kappa shape index (κ3) is 5.84. The van der Waals surface area contributed by atoms with Crippen LogP contribution in [0.3, 0.4) is 0 Å². The Hall–Kier alpha value is -4.24. The lowest BCUT2D eigenvalue weighted by Crippen LogP contribution is -2.19. The summed E-state index contributed by atoms with van der Waals surface area (Å²) in [6.07, 6.45) is 1.82. The highest BCUT2D eigenvalue weighted by atomic mass is 15.2. The van der Waals surface area contributed by atoms with Crippen molar-refractivity contribution in [3.05, 3.63) is 126 Å². The Morgan fingerprint density at radius 1 is 0.575 bits per heavy atom. The zero-order valence-electron chi connectivity index (χ0n) is 24.7. The standard InChI is InChI=1S/C37H39N3/c1-26-14-8-9-17-32(26)27-15-12-16-30(22-27)40(35-20-13-19-34(39-35)33-18-10-11-21-38-33)31-24-28(36(2,3)4)23-29(25-31)37(5,6)7/h8-25H,1-7H3. The Labute approximate surface area is 239 Å². The highest BCUT2D eigenvalue weighted by Gasteiger charge is 2.24. The van der Waals surface area contributed by atoms with Crippen molar-refractivity contribution in [3.63, 3.8) is 0 Å². The van der Waals surface area contributed by atoms with Gasteiger partial charge in [0.2, 0.25) is 0 Å². The van der Waals surface area contributed by atoms with E-state index in [2.05, 4.69) is 137 Å². The molecule has 2 heterocycles. The maximum absolute atomic E-state index is 5.16. The molecule has 3 nitrogen and oxygen atoms in total. The molecular formula is C37H39N3. The molecule has 0 aliphatic rings. The molecule has 0 aliphatic heterocycles. The van der Waals surface area contributed by atoms with Gasteiger partial charge < -0.3 is 0 Å². The molecule has 3 heteroatoms. The summed E-state index contributed by atoms with van der Waals surface area (Å²) in [6.45, 7) is 15.8. The second kappa shape index (κ2) is 10.7. The van der Waals surface area contributed by atoms with Crippen molar-refractivity contribution in [1.29, 1.82) is 0 Å². The first-order valence-electron chi connectivity index (χ1n) is 14.0. The minimum Gasteiger partial charge on any atom is -0.295 e. The smallest absolute Gasteiger partial charge is 0.138 e. The lowest BCUT2D eigenvalue weighted by Gasteiger charge is -2.31. The van der Waals surface area contributed by atoms with Crippen molar-refractivity contribution < 1.29 is 0 Å². The van der Waals surface area contributed by atoms with Crippen LogP contribution in [-0.4, -0.2) is 9.97 Å². The van der Waals surface area contributed by atoms with Gasteiger partial charge in [0.15, 0.2) is 0 Å². The van der Waals surface area contributed by atoms with Crippen molar-refractivity contribution in [2.45, 2.75) is 59.3 Å². The van der Waals surface area contributed by atoms with Crippen molar-refractivity contribution in [2.24, 2.45) is 0 Å². The normalized spacial score (nSPS) is 11.9. The SMILES string of the molecule is Cc1ccccc1-c1cccc(N(c2cc(C(C)(C)C)cc(C(C)(C)C)c2)c2cccc(-c3ccccn3)n2)c1. The molecule has 202 valence electrons. The second-order valence-electron chi connectivity index (χ2n) is 12.6. The third-order valence-electron chi connectivity index (χ3n) is 7.36. The molecule has 40 heavy (non-hydrogen) atoms. The zero-order chi connectivity index (χ0) is 28.5. The van der Waals surface area contributed by atoms with Gasteiger partial charge in [0.05, 0.1) is 11.4 Å². The Morgan fingerprint density at radius 3 is 1.88 bits per heavy atom. The number of pyridine rings is 2. The highest BCUT2D eigenvalue weighted by molar-refractivity contribution is 5.80. The molecule has 0 radical (unpaired) electrons. The molecule has 0 fully saturated rings. The van der Waals surface area contributed by atoms with Gasteiger partial charge in [0.1, 0.15) is 5.82 Å². The van der Waals surface area contributed by atoms with Crippen LogP contribution in [0.15, 0.2) is 109 Å². The lowest BCUT2D eigenvalue weighted by atomic mass is 9.80. The van der Waals surface area contributed by atoms with Crippen LogP contribution in [0, 0.1) is 6.92 Å². The number of aromatic nitrogens is 2. The van der Waals surface area contributed by atoms with E-state index in [9.17, 15) is 0 Å². The first-order chi connectivity index (χ1) is 19.0. The van der Waals surface area contributed by atoms with Gasteiger partial charge in [-0.2, -0.15) is 0 Å². The molecule has 3 aromatic carbocycles. The van der Waals surface area contributed by atoms with E-state index in [1.54, 1.807) is 0 Å². The minimum absolute atomic E-state index is 0.00604. The molecule has 0 saturated carbocycles. The van der Waals surface area contributed by atoms with Gasteiger partial charge in [-0.1, -0.05) is 96.1 Å². The molecular weight excluding hydrogens is 486 g/mol. The zero-order valence-corrected chi connectivity index (χ0v) is 24.7. The first kappa shape index (κ1) is 27.3. The van der Waals surface area contributed by atoms with Gasteiger partial charge in [0, 0.05) is 17.6 Å². The van der Waals surface area contributed by atoms with Crippen LogP contribution in [0.2, 0.25) is 0 Å². The summed E-state index contributed by atoms with van der Waals surface area (Å²) in [6, 6.07) is 36.5. The molecule has 0 saturated heterocycles. The summed E-state index contributed by atoms with van der Waals surface area (Å²) >= 11 is 0. The predicted molar refractivity (Wildman–Crippen MR) is 170 cm³/mol. The van der Waals surface area contributed by atoms with Crippen LogP contribution in [0.1, 0.15) is 58.2 Å². The minimum atomic E-state index is -0.00604. The van der Waals surface area contributed by atoms with Crippen molar-refractivity contribution in [3.8, 4) is 22.5 Å². The molecule has 2 aromatic heterocycles. The van der Waals surface area contributed by atoms with E-state index < -0.39 is 0 Å². The third-order valence-corrected chi connectivity index (χ3v) is 7.36. The summed E-state index contributed by atoms with van der Waals surface area (Å²) in [7, 11) is 0. The fourth-order valence-electron chi connectivity index (χ4n) is 4.93. The molecule has 0 unspecified atom stereocenters. The second-order valence-corrected chi connectivity index (χ2v) is 12.6. The fourth-order valence-corrected chi connectivity index (χ4v) is 4.93. The average molecular weight is 526 g/mol. The number of rotatable bonds is 5.